The summed E-state index contributed by atoms with van der Waals surface area (Å²) in [6.07, 6.45) is 1.79. The molecule has 1 aromatic carbocycles. The molecule has 6 heteroatoms. The standard InChI is InChI=1S/C25H44O5S/c1-15(2)13-24(8,9)22(25(10,11)14-23(5,6)7)18-16(3)19(26)17(4)21(20(18)30-12)31(27,28)29/h15,22,26H,13-14H2,1-12H3,(H,27,28,29). The smallest absolute Gasteiger partial charge is 0.298 e. The van der Waals surface area contributed by atoms with Crippen LogP contribution < -0.4 is 4.74 Å². The average Bonchev–Trinajstić information content (AvgIpc) is 2.49. The molecular weight excluding hydrogens is 412 g/mol. The van der Waals surface area contributed by atoms with Crippen LogP contribution in [-0.4, -0.2) is 25.2 Å². The Labute approximate surface area is 190 Å². The minimum atomic E-state index is -4.61. The van der Waals surface area contributed by atoms with Gasteiger partial charge < -0.3 is 9.84 Å². The van der Waals surface area contributed by atoms with E-state index >= 15 is 0 Å². The summed E-state index contributed by atoms with van der Waals surface area (Å²) in [5.41, 5.74) is 0.917. The molecule has 1 rings (SSSR count). The molecule has 0 aliphatic carbocycles. The first-order valence-corrected chi connectivity index (χ1v) is 12.5. The summed E-state index contributed by atoms with van der Waals surface area (Å²) >= 11 is 0. The maximum Gasteiger partial charge on any atom is 0.298 e. The number of benzene rings is 1. The second-order valence-electron chi connectivity index (χ2n) is 12.1. The Kier molecular flexibility index (Phi) is 8.00. The van der Waals surface area contributed by atoms with E-state index in [0.717, 1.165) is 12.8 Å². The molecule has 0 radical (unpaired) electrons. The van der Waals surface area contributed by atoms with Gasteiger partial charge in [0.15, 0.2) is 0 Å². The number of hydrogen-bond acceptors (Lipinski definition) is 4. The first-order valence-electron chi connectivity index (χ1n) is 11.0. The van der Waals surface area contributed by atoms with E-state index in [1.807, 2.05) is 0 Å². The lowest BCUT2D eigenvalue weighted by atomic mass is 9.56. The topological polar surface area (TPSA) is 83.8 Å². The normalized spacial score (nSPS) is 14.8. The lowest BCUT2D eigenvalue weighted by Crippen LogP contribution is -2.38. The summed E-state index contributed by atoms with van der Waals surface area (Å²) in [4.78, 5) is -0.343. The van der Waals surface area contributed by atoms with Crippen LogP contribution in [0.1, 0.15) is 97.8 Å². The van der Waals surface area contributed by atoms with Crippen LogP contribution in [0.25, 0.3) is 0 Å². The number of phenols is 1. The van der Waals surface area contributed by atoms with E-state index in [0.29, 0.717) is 17.0 Å². The Hall–Kier alpha value is -1.27. The number of phenolic OH excluding ortho intramolecular Hbond substituents is 1. The minimum absolute atomic E-state index is 0.0371. The highest BCUT2D eigenvalue weighted by molar-refractivity contribution is 7.86. The molecule has 1 unspecified atom stereocenters. The van der Waals surface area contributed by atoms with Crippen molar-refractivity contribution in [2.45, 2.75) is 99.8 Å². The molecule has 0 aliphatic rings. The molecule has 0 aromatic heterocycles. The average molecular weight is 457 g/mol. The van der Waals surface area contributed by atoms with Gasteiger partial charge in [0.2, 0.25) is 0 Å². The molecule has 1 atom stereocenters. The Morgan fingerprint density at radius 2 is 1.42 bits per heavy atom. The summed E-state index contributed by atoms with van der Waals surface area (Å²) < 4.78 is 40.4. The van der Waals surface area contributed by atoms with E-state index in [1.54, 1.807) is 6.92 Å². The molecule has 0 saturated heterocycles. The van der Waals surface area contributed by atoms with Gasteiger partial charge in [-0.3, -0.25) is 4.55 Å². The number of rotatable bonds is 8. The second-order valence-corrected chi connectivity index (χ2v) is 13.5. The van der Waals surface area contributed by atoms with Crippen molar-refractivity contribution in [3.05, 3.63) is 16.7 Å². The van der Waals surface area contributed by atoms with Gasteiger partial charge in [-0.05, 0) is 60.3 Å². The third-order valence-corrected chi connectivity index (χ3v) is 7.15. The van der Waals surface area contributed by atoms with Gasteiger partial charge in [-0.2, -0.15) is 8.42 Å². The minimum Gasteiger partial charge on any atom is -0.507 e. The van der Waals surface area contributed by atoms with Gasteiger partial charge in [-0.25, -0.2) is 0 Å². The van der Waals surface area contributed by atoms with E-state index in [2.05, 4.69) is 62.3 Å². The molecular formula is C25H44O5S. The largest absolute Gasteiger partial charge is 0.507 e. The number of aromatic hydroxyl groups is 1. The Morgan fingerprint density at radius 3 is 1.77 bits per heavy atom. The van der Waals surface area contributed by atoms with Crippen LogP contribution >= 0.6 is 0 Å². The monoisotopic (exact) mass is 456 g/mol. The summed E-state index contributed by atoms with van der Waals surface area (Å²) in [7, 11) is -3.18. The van der Waals surface area contributed by atoms with E-state index in [4.69, 9.17) is 4.74 Å². The van der Waals surface area contributed by atoms with Crippen LogP contribution in [0.5, 0.6) is 11.5 Å². The van der Waals surface area contributed by atoms with Crippen molar-refractivity contribution in [3.63, 3.8) is 0 Å². The van der Waals surface area contributed by atoms with Crippen molar-refractivity contribution >= 4 is 10.1 Å². The van der Waals surface area contributed by atoms with Crippen molar-refractivity contribution < 1.29 is 22.8 Å². The van der Waals surface area contributed by atoms with Crippen molar-refractivity contribution in [2.75, 3.05) is 7.11 Å². The van der Waals surface area contributed by atoms with Gasteiger partial charge in [-0.1, -0.05) is 62.3 Å². The summed E-state index contributed by atoms with van der Waals surface area (Å²) in [5, 5.41) is 10.9. The zero-order valence-electron chi connectivity index (χ0n) is 21.6. The molecule has 0 bridgehead atoms. The van der Waals surface area contributed by atoms with Crippen LogP contribution in [0.3, 0.4) is 0 Å². The third kappa shape index (κ3) is 6.16. The lowest BCUT2D eigenvalue weighted by Gasteiger charge is -2.49. The zero-order chi connectivity index (χ0) is 24.7. The first-order chi connectivity index (χ1) is 13.7. The fraction of sp³-hybridized carbons (Fsp3) is 0.760. The third-order valence-electron chi connectivity index (χ3n) is 6.14. The molecule has 5 nitrogen and oxygen atoms in total. The number of ether oxygens (including phenoxy) is 1. The van der Waals surface area contributed by atoms with Crippen molar-refractivity contribution in [3.8, 4) is 11.5 Å². The highest BCUT2D eigenvalue weighted by Crippen LogP contribution is 2.59. The van der Waals surface area contributed by atoms with Crippen LogP contribution in [0.2, 0.25) is 0 Å². The fourth-order valence-corrected chi connectivity index (χ4v) is 7.23. The van der Waals surface area contributed by atoms with Gasteiger partial charge in [0.05, 0.1) is 7.11 Å². The van der Waals surface area contributed by atoms with Crippen LogP contribution in [0.4, 0.5) is 0 Å². The van der Waals surface area contributed by atoms with Gasteiger partial charge in [0, 0.05) is 11.1 Å². The molecule has 0 heterocycles. The lowest BCUT2D eigenvalue weighted by molar-refractivity contribution is 0.0763. The molecule has 0 spiro atoms. The van der Waals surface area contributed by atoms with Gasteiger partial charge >= 0.3 is 0 Å². The van der Waals surface area contributed by atoms with Gasteiger partial charge in [0.25, 0.3) is 10.1 Å². The predicted molar refractivity (Wildman–Crippen MR) is 128 cm³/mol. The molecule has 1 aromatic rings. The quantitative estimate of drug-likeness (QED) is 0.416. The van der Waals surface area contributed by atoms with E-state index < -0.39 is 10.1 Å². The molecule has 2 N–H and O–H groups in total. The molecule has 31 heavy (non-hydrogen) atoms. The Balaban J connectivity index is 4.17. The molecule has 0 fully saturated rings. The fourth-order valence-electron chi connectivity index (χ4n) is 6.32. The van der Waals surface area contributed by atoms with E-state index in [-0.39, 0.29) is 44.1 Å². The van der Waals surface area contributed by atoms with Crippen LogP contribution in [-0.2, 0) is 10.1 Å². The van der Waals surface area contributed by atoms with E-state index in [1.165, 1.54) is 14.0 Å². The van der Waals surface area contributed by atoms with Gasteiger partial charge in [-0.15, -0.1) is 0 Å². The predicted octanol–water partition coefficient (Wildman–Crippen LogP) is 6.88. The van der Waals surface area contributed by atoms with Crippen LogP contribution in [0, 0.1) is 36.0 Å². The van der Waals surface area contributed by atoms with Crippen LogP contribution in [0.15, 0.2) is 4.90 Å². The summed E-state index contributed by atoms with van der Waals surface area (Å²) in [5.74, 6) is 0.317. The van der Waals surface area contributed by atoms with Crippen molar-refractivity contribution in [2.24, 2.45) is 22.2 Å². The molecule has 0 saturated carbocycles. The number of methoxy groups -OCH3 is 1. The highest BCUT2D eigenvalue weighted by Gasteiger charge is 2.47. The SMILES string of the molecule is COc1c(C(C(C)(C)CC(C)C)C(C)(C)CC(C)(C)C)c(C)c(O)c(C)c1S(=O)(=O)O. The summed E-state index contributed by atoms with van der Waals surface area (Å²) in [6, 6.07) is 0. The highest BCUT2D eigenvalue weighted by atomic mass is 32.2. The Bertz CT molecular complexity index is 903. The second kappa shape index (κ2) is 8.93. The van der Waals surface area contributed by atoms with Crippen molar-refractivity contribution in [1.82, 2.24) is 0 Å². The maximum atomic E-state index is 12.3. The molecule has 0 amide bonds. The van der Waals surface area contributed by atoms with E-state index in [9.17, 15) is 18.1 Å². The first kappa shape index (κ1) is 27.8. The summed E-state index contributed by atoms with van der Waals surface area (Å²) in [6.45, 7) is 23.0. The molecule has 180 valence electrons. The van der Waals surface area contributed by atoms with Crippen molar-refractivity contribution in [1.29, 1.82) is 0 Å². The zero-order valence-corrected chi connectivity index (χ0v) is 22.4. The number of hydrogen-bond donors (Lipinski definition) is 2. The maximum absolute atomic E-state index is 12.3. The van der Waals surface area contributed by atoms with Gasteiger partial charge in [0.1, 0.15) is 16.4 Å². The Morgan fingerprint density at radius 1 is 0.935 bits per heavy atom. The molecule has 0 aliphatic heterocycles.